The Balaban J connectivity index is 2.31. The number of hydrogen-bond donors (Lipinski definition) is 0. The Kier molecular flexibility index (Phi) is 4.73. The Morgan fingerprint density at radius 3 is 2.25 bits per heavy atom. The third-order valence-electron chi connectivity index (χ3n) is 3.33. The van der Waals surface area contributed by atoms with E-state index in [1.807, 2.05) is 18.2 Å². The number of benzene rings is 2. The van der Waals surface area contributed by atoms with Crippen LogP contribution in [0.2, 0.25) is 0 Å². The van der Waals surface area contributed by atoms with Crippen LogP contribution in [0.4, 0.5) is 0 Å². The Bertz CT molecular complexity index is 657. The van der Waals surface area contributed by atoms with E-state index in [1.165, 1.54) is 27.8 Å². The van der Waals surface area contributed by atoms with Crippen molar-refractivity contribution >= 4 is 6.08 Å². The average Bonchev–Trinajstić information content (AvgIpc) is 2.45. The van der Waals surface area contributed by atoms with E-state index in [0.717, 1.165) is 0 Å². The molecule has 0 saturated heterocycles. The van der Waals surface area contributed by atoms with Gasteiger partial charge in [0.2, 0.25) is 0 Å². The molecule has 0 fully saturated rings. The lowest BCUT2D eigenvalue weighted by Gasteiger charge is -2.10. The zero-order chi connectivity index (χ0) is 14.4. The lowest BCUT2D eigenvalue weighted by atomic mass is 9.95. The first-order valence-electron chi connectivity index (χ1n) is 6.85. The van der Waals surface area contributed by atoms with Crippen LogP contribution in [-0.2, 0) is 0 Å². The lowest BCUT2D eigenvalue weighted by molar-refractivity contribution is 1.40. The van der Waals surface area contributed by atoms with Crippen LogP contribution in [-0.4, -0.2) is 0 Å². The highest BCUT2D eigenvalue weighted by atomic mass is 14.1. The predicted octanol–water partition coefficient (Wildman–Crippen LogP) is 5.73. The van der Waals surface area contributed by atoms with Gasteiger partial charge in [-0.2, -0.15) is 0 Å². The minimum Gasteiger partial charge on any atom is -0.0991 e. The first kappa shape index (κ1) is 14.1. The topological polar surface area (TPSA) is 0 Å². The van der Waals surface area contributed by atoms with Gasteiger partial charge in [-0.1, -0.05) is 79.4 Å². The zero-order valence-corrected chi connectivity index (χ0v) is 12.1. The highest BCUT2D eigenvalue weighted by Gasteiger charge is 2.04. The van der Waals surface area contributed by atoms with Crippen molar-refractivity contribution in [2.75, 3.05) is 0 Å². The fourth-order valence-electron chi connectivity index (χ4n) is 2.28. The third kappa shape index (κ3) is 3.36. The number of allylic oxidation sites excluding steroid dienone is 4. The molecule has 0 aliphatic rings. The predicted molar refractivity (Wildman–Crippen MR) is 89.7 cm³/mol. The molecule has 20 heavy (non-hydrogen) atoms. The molecular weight excluding hydrogens is 240 g/mol. The molecule has 2 aromatic carbocycles. The van der Waals surface area contributed by atoms with E-state index < -0.39 is 0 Å². The molecule has 0 radical (unpaired) electrons. The Hall–Kier alpha value is -2.34. The summed E-state index contributed by atoms with van der Waals surface area (Å²) in [5.74, 6) is 0. The summed E-state index contributed by atoms with van der Waals surface area (Å²) in [5.41, 5.74) is 6.45. The first-order valence-corrected chi connectivity index (χ1v) is 6.85. The second-order valence-electron chi connectivity index (χ2n) is 4.87. The molecule has 0 amide bonds. The molecule has 2 aromatic rings. The molecule has 0 unspecified atom stereocenters. The quantitative estimate of drug-likeness (QED) is 0.616. The summed E-state index contributed by atoms with van der Waals surface area (Å²) in [7, 11) is 0. The maximum atomic E-state index is 3.65. The van der Waals surface area contributed by atoms with Crippen LogP contribution in [0.3, 0.4) is 0 Å². The van der Waals surface area contributed by atoms with Gasteiger partial charge in [-0.25, -0.2) is 0 Å². The standard InChI is InChI=1S/C20H20/c1-4-5-6-7-11-18-13-14-20(17(3)15-18)19-12-9-8-10-16(19)2/h4-15H,1H2,2-3H3/b6-5-,11-7-. The fourth-order valence-corrected chi connectivity index (χ4v) is 2.28. The van der Waals surface area contributed by atoms with Gasteiger partial charge in [0.05, 0.1) is 0 Å². The summed E-state index contributed by atoms with van der Waals surface area (Å²) >= 11 is 0. The molecule has 0 nitrogen and oxygen atoms in total. The monoisotopic (exact) mass is 260 g/mol. The second-order valence-corrected chi connectivity index (χ2v) is 4.87. The molecular formula is C20H20. The van der Waals surface area contributed by atoms with E-state index in [-0.39, 0.29) is 0 Å². The van der Waals surface area contributed by atoms with Gasteiger partial charge < -0.3 is 0 Å². The fraction of sp³-hybridized carbons (Fsp3) is 0.100. The molecule has 0 heteroatoms. The molecule has 100 valence electrons. The molecule has 0 spiro atoms. The Labute approximate surface area is 121 Å². The minimum atomic E-state index is 1.22. The zero-order valence-electron chi connectivity index (χ0n) is 12.1. The van der Waals surface area contributed by atoms with Gasteiger partial charge in [0.15, 0.2) is 0 Å². The van der Waals surface area contributed by atoms with Crippen molar-refractivity contribution in [3.05, 3.63) is 90.0 Å². The molecule has 2 rings (SSSR count). The highest BCUT2D eigenvalue weighted by molar-refractivity contribution is 5.72. The van der Waals surface area contributed by atoms with E-state index >= 15 is 0 Å². The van der Waals surface area contributed by atoms with Crippen molar-refractivity contribution < 1.29 is 0 Å². The van der Waals surface area contributed by atoms with Crippen LogP contribution >= 0.6 is 0 Å². The van der Waals surface area contributed by atoms with Crippen molar-refractivity contribution in [3.8, 4) is 11.1 Å². The van der Waals surface area contributed by atoms with E-state index in [2.05, 4.69) is 69.0 Å². The maximum absolute atomic E-state index is 3.65. The van der Waals surface area contributed by atoms with Gasteiger partial charge in [0.25, 0.3) is 0 Å². The Morgan fingerprint density at radius 2 is 1.55 bits per heavy atom. The van der Waals surface area contributed by atoms with E-state index in [0.29, 0.717) is 0 Å². The molecule has 0 aliphatic heterocycles. The summed E-state index contributed by atoms with van der Waals surface area (Å²) in [6.45, 7) is 7.97. The van der Waals surface area contributed by atoms with E-state index in [9.17, 15) is 0 Å². The highest BCUT2D eigenvalue weighted by Crippen LogP contribution is 2.27. The summed E-state index contributed by atoms with van der Waals surface area (Å²) in [4.78, 5) is 0. The van der Waals surface area contributed by atoms with Gasteiger partial charge in [0, 0.05) is 0 Å². The number of rotatable bonds is 4. The van der Waals surface area contributed by atoms with Crippen LogP contribution < -0.4 is 0 Å². The minimum absolute atomic E-state index is 1.22. The van der Waals surface area contributed by atoms with Crippen molar-refractivity contribution in [1.82, 2.24) is 0 Å². The normalized spacial score (nSPS) is 11.3. The number of aryl methyl sites for hydroxylation is 2. The summed E-state index contributed by atoms with van der Waals surface area (Å²) in [6.07, 6.45) is 9.82. The second kappa shape index (κ2) is 6.72. The van der Waals surface area contributed by atoms with E-state index in [4.69, 9.17) is 0 Å². The maximum Gasteiger partial charge on any atom is -0.0152 e. The summed E-state index contributed by atoms with van der Waals surface area (Å²) in [5, 5.41) is 0. The summed E-state index contributed by atoms with van der Waals surface area (Å²) < 4.78 is 0. The van der Waals surface area contributed by atoms with E-state index in [1.54, 1.807) is 6.08 Å². The Morgan fingerprint density at radius 1 is 0.800 bits per heavy atom. The van der Waals surface area contributed by atoms with Crippen LogP contribution in [0, 0.1) is 13.8 Å². The molecule has 0 heterocycles. The van der Waals surface area contributed by atoms with Crippen LogP contribution in [0.25, 0.3) is 17.2 Å². The van der Waals surface area contributed by atoms with Crippen molar-refractivity contribution in [2.45, 2.75) is 13.8 Å². The number of hydrogen-bond acceptors (Lipinski definition) is 0. The van der Waals surface area contributed by atoms with Crippen LogP contribution in [0.5, 0.6) is 0 Å². The van der Waals surface area contributed by atoms with Crippen molar-refractivity contribution in [1.29, 1.82) is 0 Å². The molecule has 0 atom stereocenters. The van der Waals surface area contributed by atoms with Crippen LogP contribution in [0.15, 0.2) is 73.3 Å². The summed E-state index contributed by atoms with van der Waals surface area (Å²) in [6, 6.07) is 15.1. The van der Waals surface area contributed by atoms with Gasteiger partial charge in [-0.3, -0.25) is 0 Å². The molecule has 0 N–H and O–H groups in total. The lowest BCUT2D eigenvalue weighted by Crippen LogP contribution is -1.87. The van der Waals surface area contributed by atoms with Gasteiger partial charge in [-0.05, 0) is 41.7 Å². The molecule has 0 aromatic heterocycles. The largest absolute Gasteiger partial charge is 0.0991 e. The first-order chi connectivity index (χ1) is 9.72. The van der Waals surface area contributed by atoms with Gasteiger partial charge in [-0.15, -0.1) is 0 Å². The SMILES string of the molecule is C=C/C=C\C=C/c1ccc(-c2ccccc2C)c(C)c1. The molecule has 0 saturated carbocycles. The van der Waals surface area contributed by atoms with Crippen molar-refractivity contribution in [2.24, 2.45) is 0 Å². The van der Waals surface area contributed by atoms with Gasteiger partial charge >= 0.3 is 0 Å². The van der Waals surface area contributed by atoms with Crippen molar-refractivity contribution in [3.63, 3.8) is 0 Å². The average molecular weight is 260 g/mol. The molecule has 0 bridgehead atoms. The molecule has 0 aliphatic carbocycles. The smallest absolute Gasteiger partial charge is 0.0152 e. The third-order valence-corrected chi connectivity index (χ3v) is 3.33. The van der Waals surface area contributed by atoms with Gasteiger partial charge in [0.1, 0.15) is 0 Å². The van der Waals surface area contributed by atoms with Crippen LogP contribution in [0.1, 0.15) is 16.7 Å².